The summed E-state index contributed by atoms with van der Waals surface area (Å²) in [6.07, 6.45) is 9.74. The molecule has 0 saturated heterocycles. The maximum atomic E-state index is 3.73. The molecule has 0 aromatic carbocycles. The Morgan fingerprint density at radius 2 is 2.00 bits per heavy atom. The quantitative estimate of drug-likeness (QED) is 0.585. The van der Waals surface area contributed by atoms with Crippen LogP contribution < -0.4 is 5.32 Å². The summed E-state index contributed by atoms with van der Waals surface area (Å²) in [7, 11) is 0. The highest BCUT2D eigenvalue weighted by Gasteiger charge is 2.35. The van der Waals surface area contributed by atoms with Gasteiger partial charge in [0.15, 0.2) is 0 Å². The molecule has 0 aromatic rings. The Balaban J connectivity index is 1.92. The molecule has 1 rings (SSSR count). The topological polar surface area (TPSA) is 12.0 Å². The van der Waals surface area contributed by atoms with E-state index in [2.05, 4.69) is 26.1 Å². The van der Waals surface area contributed by atoms with Crippen molar-refractivity contribution in [2.45, 2.75) is 77.8 Å². The molecule has 0 heterocycles. The van der Waals surface area contributed by atoms with Crippen LogP contribution >= 0.6 is 0 Å². The predicted molar refractivity (Wildman–Crippen MR) is 63.5 cm³/mol. The Morgan fingerprint density at radius 3 is 2.57 bits per heavy atom. The van der Waals surface area contributed by atoms with E-state index in [1.54, 1.807) is 0 Å². The second-order valence-corrected chi connectivity index (χ2v) is 4.93. The minimum Gasteiger partial charge on any atom is -0.311 e. The Bertz CT molecular complexity index is 144. The van der Waals surface area contributed by atoms with E-state index in [-0.39, 0.29) is 0 Å². The highest BCUT2D eigenvalue weighted by atomic mass is 15.0. The number of rotatable bonds is 8. The molecule has 0 aromatic heterocycles. The summed E-state index contributed by atoms with van der Waals surface area (Å²) in [5.41, 5.74) is 0. The zero-order valence-corrected chi connectivity index (χ0v) is 10.2. The van der Waals surface area contributed by atoms with Crippen molar-refractivity contribution in [3.63, 3.8) is 0 Å². The van der Waals surface area contributed by atoms with E-state index in [4.69, 9.17) is 0 Å². The Labute approximate surface area is 89.7 Å². The maximum absolute atomic E-state index is 3.73. The normalized spacial score (nSPS) is 27.6. The van der Waals surface area contributed by atoms with E-state index in [1.165, 1.54) is 44.9 Å². The summed E-state index contributed by atoms with van der Waals surface area (Å²) in [6, 6.07) is 1.61. The zero-order chi connectivity index (χ0) is 10.4. The average Bonchev–Trinajstić information content (AvgIpc) is 2.91. The average molecular weight is 197 g/mol. The van der Waals surface area contributed by atoms with Crippen molar-refractivity contribution in [2.24, 2.45) is 5.92 Å². The lowest BCUT2D eigenvalue weighted by atomic mass is 10.1. The van der Waals surface area contributed by atoms with Crippen molar-refractivity contribution >= 4 is 0 Å². The summed E-state index contributed by atoms with van der Waals surface area (Å²) < 4.78 is 0. The van der Waals surface area contributed by atoms with Gasteiger partial charge in [0.05, 0.1) is 0 Å². The monoisotopic (exact) mass is 197 g/mol. The van der Waals surface area contributed by atoms with Gasteiger partial charge in [-0.05, 0) is 25.7 Å². The molecule has 1 fully saturated rings. The van der Waals surface area contributed by atoms with Crippen LogP contribution in [0.25, 0.3) is 0 Å². The lowest BCUT2D eigenvalue weighted by molar-refractivity contribution is 0.467. The van der Waals surface area contributed by atoms with Crippen LogP contribution in [0.1, 0.15) is 65.7 Å². The first-order chi connectivity index (χ1) is 6.77. The van der Waals surface area contributed by atoms with Crippen LogP contribution in [0.2, 0.25) is 0 Å². The summed E-state index contributed by atoms with van der Waals surface area (Å²) in [4.78, 5) is 0. The van der Waals surface area contributed by atoms with Gasteiger partial charge in [-0.15, -0.1) is 0 Å². The molecule has 1 N–H and O–H groups in total. The van der Waals surface area contributed by atoms with E-state index in [0.717, 1.165) is 18.0 Å². The fraction of sp³-hybridized carbons (Fsp3) is 1.00. The largest absolute Gasteiger partial charge is 0.311 e. The van der Waals surface area contributed by atoms with Gasteiger partial charge in [0.25, 0.3) is 0 Å². The van der Waals surface area contributed by atoms with Crippen LogP contribution in [0, 0.1) is 5.92 Å². The first-order valence-electron chi connectivity index (χ1n) is 6.54. The molecule has 0 amide bonds. The lowest BCUT2D eigenvalue weighted by Crippen LogP contribution is -2.29. The van der Waals surface area contributed by atoms with E-state index in [1.807, 2.05) is 0 Å². The highest BCUT2D eigenvalue weighted by Crippen LogP contribution is 2.33. The van der Waals surface area contributed by atoms with Crippen molar-refractivity contribution in [1.82, 2.24) is 5.32 Å². The molecule has 1 heteroatoms. The minimum atomic E-state index is 0.744. The molecule has 1 aliphatic rings. The Kier molecular flexibility index (Phi) is 5.54. The molecule has 0 aliphatic heterocycles. The van der Waals surface area contributed by atoms with Gasteiger partial charge in [0.2, 0.25) is 0 Å². The van der Waals surface area contributed by atoms with Gasteiger partial charge < -0.3 is 5.32 Å². The third-order valence-corrected chi connectivity index (χ3v) is 3.44. The summed E-state index contributed by atoms with van der Waals surface area (Å²) in [5, 5.41) is 3.73. The first-order valence-corrected chi connectivity index (χ1v) is 6.54. The number of hydrogen-bond acceptors (Lipinski definition) is 1. The zero-order valence-electron chi connectivity index (χ0n) is 10.2. The fourth-order valence-electron chi connectivity index (χ4n) is 2.23. The SMILES string of the molecule is CCCCCCC(C)NC1CC1CC. The predicted octanol–water partition coefficient (Wildman–Crippen LogP) is 3.73. The number of nitrogens with one attached hydrogen (secondary N) is 1. The van der Waals surface area contributed by atoms with Crippen LogP contribution in [0.3, 0.4) is 0 Å². The minimum absolute atomic E-state index is 0.744. The molecule has 1 aliphatic carbocycles. The van der Waals surface area contributed by atoms with Crippen molar-refractivity contribution in [3.8, 4) is 0 Å². The molecule has 1 nitrogen and oxygen atoms in total. The fourth-order valence-corrected chi connectivity index (χ4v) is 2.23. The molecule has 3 unspecified atom stereocenters. The van der Waals surface area contributed by atoms with Gasteiger partial charge >= 0.3 is 0 Å². The van der Waals surface area contributed by atoms with Gasteiger partial charge in [-0.2, -0.15) is 0 Å². The van der Waals surface area contributed by atoms with Crippen molar-refractivity contribution in [2.75, 3.05) is 0 Å². The molecule has 0 spiro atoms. The van der Waals surface area contributed by atoms with Gasteiger partial charge in [0.1, 0.15) is 0 Å². The molecular weight excluding hydrogens is 170 g/mol. The second kappa shape index (κ2) is 6.44. The summed E-state index contributed by atoms with van der Waals surface area (Å²) >= 11 is 0. The first kappa shape index (κ1) is 12.0. The molecule has 3 atom stereocenters. The molecule has 0 radical (unpaired) electrons. The van der Waals surface area contributed by atoms with Gasteiger partial charge in [-0.25, -0.2) is 0 Å². The second-order valence-electron chi connectivity index (χ2n) is 4.93. The van der Waals surface area contributed by atoms with E-state index in [0.29, 0.717) is 0 Å². The van der Waals surface area contributed by atoms with Gasteiger partial charge in [-0.1, -0.05) is 46.0 Å². The maximum Gasteiger partial charge on any atom is 0.0101 e. The Morgan fingerprint density at radius 1 is 1.21 bits per heavy atom. The van der Waals surface area contributed by atoms with Crippen LogP contribution in [0.15, 0.2) is 0 Å². The lowest BCUT2D eigenvalue weighted by Gasteiger charge is -2.13. The number of unbranched alkanes of at least 4 members (excludes halogenated alkanes) is 3. The Hall–Kier alpha value is -0.0400. The third-order valence-electron chi connectivity index (χ3n) is 3.44. The van der Waals surface area contributed by atoms with Crippen molar-refractivity contribution in [3.05, 3.63) is 0 Å². The molecular formula is C13H27N. The molecule has 0 bridgehead atoms. The summed E-state index contributed by atoms with van der Waals surface area (Å²) in [5.74, 6) is 0.994. The van der Waals surface area contributed by atoms with Crippen LogP contribution in [-0.4, -0.2) is 12.1 Å². The summed E-state index contributed by atoms with van der Waals surface area (Å²) in [6.45, 7) is 6.92. The number of hydrogen-bond donors (Lipinski definition) is 1. The van der Waals surface area contributed by atoms with E-state index < -0.39 is 0 Å². The van der Waals surface area contributed by atoms with E-state index >= 15 is 0 Å². The molecule has 1 saturated carbocycles. The van der Waals surface area contributed by atoms with Crippen LogP contribution in [0.4, 0.5) is 0 Å². The molecule has 14 heavy (non-hydrogen) atoms. The van der Waals surface area contributed by atoms with E-state index in [9.17, 15) is 0 Å². The van der Waals surface area contributed by atoms with Gasteiger partial charge in [-0.3, -0.25) is 0 Å². The smallest absolute Gasteiger partial charge is 0.0101 e. The van der Waals surface area contributed by atoms with Crippen molar-refractivity contribution in [1.29, 1.82) is 0 Å². The standard InChI is InChI=1S/C13H27N/c1-4-6-7-8-9-11(3)14-13-10-12(13)5-2/h11-14H,4-10H2,1-3H3. The van der Waals surface area contributed by atoms with Crippen molar-refractivity contribution < 1.29 is 0 Å². The van der Waals surface area contributed by atoms with Crippen LogP contribution in [-0.2, 0) is 0 Å². The van der Waals surface area contributed by atoms with Gasteiger partial charge in [0, 0.05) is 12.1 Å². The third kappa shape index (κ3) is 4.45. The molecule has 84 valence electrons. The highest BCUT2D eigenvalue weighted by molar-refractivity contribution is 4.93. The van der Waals surface area contributed by atoms with Crippen LogP contribution in [0.5, 0.6) is 0 Å².